The molecule has 0 aromatic heterocycles. The van der Waals surface area contributed by atoms with Gasteiger partial charge in [-0.15, -0.1) is 6.58 Å². The van der Waals surface area contributed by atoms with E-state index in [1.54, 1.807) is 6.08 Å². The van der Waals surface area contributed by atoms with Gasteiger partial charge in [0, 0.05) is 27.5 Å². The van der Waals surface area contributed by atoms with Crippen LogP contribution in [0.3, 0.4) is 0 Å². The molecule has 0 aliphatic heterocycles. The number of fused-ring (bicyclic) bond motifs is 3. The van der Waals surface area contributed by atoms with Crippen molar-refractivity contribution in [3.63, 3.8) is 0 Å². The van der Waals surface area contributed by atoms with Crippen molar-refractivity contribution in [3.05, 3.63) is 48.1 Å². The summed E-state index contributed by atoms with van der Waals surface area (Å²) >= 11 is 0. The minimum absolute atomic E-state index is 0.141. The Morgan fingerprint density at radius 3 is 2.39 bits per heavy atom. The number of hydrogen-bond donors (Lipinski definition) is 2. The van der Waals surface area contributed by atoms with Crippen LogP contribution in [-0.4, -0.2) is 17.5 Å². The van der Waals surface area contributed by atoms with Gasteiger partial charge in [0.05, 0.1) is 0 Å². The number of allylic oxidation sites excluding steroid dienone is 6. The van der Waals surface area contributed by atoms with Crippen LogP contribution in [0.15, 0.2) is 48.1 Å². The summed E-state index contributed by atoms with van der Waals surface area (Å²) in [4.78, 5) is 11.4. The Kier molecular flexibility index (Phi) is 6.90. The van der Waals surface area contributed by atoms with Crippen molar-refractivity contribution in [1.82, 2.24) is 0 Å². The molecule has 0 heterocycles. The summed E-state index contributed by atoms with van der Waals surface area (Å²) in [5, 5.41) is 9.09. The van der Waals surface area contributed by atoms with Gasteiger partial charge in [0.25, 0.3) is 0 Å². The van der Waals surface area contributed by atoms with Crippen LogP contribution in [0.2, 0.25) is 0 Å². The third-order valence-corrected chi connectivity index (χ3v) is 10.4. The fraction of sp³-hybridized carbons (Fsp3) is 0.667. The Morgan fingerprint density at radius 2 is 1.85 bits per heavy atom. The van der Waals surface area contributed by atoms with Gasteiger partial charge < -0.3 is 11.1 Å². The van der Waals surface area contributed by atoms with Gasteiger partial charge in [-0.3, -0.25) is 4.79 Å². The molecule has 3 rings (SSSR count). The van der Waals surface area contributed by atoms with Crippen LogP contribution in [0.1, 0.15) is 86.5 Å². The number of nitrogens with one attached hydrogen (secondary N) is 1. The third-order valence-electron chi connectivity index (χ3n) is 10.4. The van der Waals surface area contributed by atoms with Crippen molar-refractivity contribution in [3.8, 4) is 0 Å². The highest BCUT2D eigenvalue weighted by Gasteiger charge is 2.73. The Hall–Kier alpha value is -1.74. The zero-order chi connectivity index (χ0) is 24.8. The number of carbonyl (C=O) groups excluding carboxylic acids is 1. The van der Waals surface area contributed by atoms with E-state index in [2.05, 4.69) is 59.9 Å². The number of carbonyl (C=O) groups is 1. The lowest BCUT2D eigenvalue weighted by atomic mass is 9.42. The first-order chi connectivity index (χ1) is 15.4. The van der Waals surface area contributed by atoms with Gasteiger partial charge in [0.15, 0.2) is 0 Å². The first-order valence-electron chi connectivity index (χ1n) is 12.8. The van der Waals surface area contributed by atoms with Gasteiger partial charge in [-0.25, -0.2) is 0 Å². The SMILES string of the molecule is C=C(C)CCC(=C)C1(C(C)=N)[C@H](C)C[C@@]2(N)C3CC/C(=C/C=O)C(C)(/C=C\C)C3CCC12C. The summed E-state index contributed by atoms with van der Waals surface area (Å²) in [6.07, 6.45) is 13.9. The lowest BCUT2D eigenvalue weighted by Crippen LogP contribution is -2.67. The molecule has 3 saturated carbocycles. The largest absolute Gasteiger partial charge is 0.324 e. The second-order valence-corrected chi connectivity index (χ2v) is 11.9. The maximum atomic E-state index is 11.4. The van der Waals surface area contributed by atoms with Crippen molar-refractivity contribution in [1.29, 1.82) is 5.41 Å². The van der Waals surface area contributed by atoms with Crippen LogP contribution in [0.4, 0.5) is 0 Å². The monoisotopic (exact) mass is 450 g/mol. The van der Waals surface area contributed by atoms with E-state index in [1.807, 2.05) is 6.92 Å². The average Bonchev–Trinajstić information content (AvgIpc) is 2.91. The normalized spacial score (nSPS) is 43.8. The number of nitrogens with two attached hydrogens (primary N) is 1. The zero-order valence-electron chi connectivity index (χ0n) is 21.9. The van der Waals surface area contributed by atoms with Gasteiger partial charge in [-0.05, 0) is 89.5 Å². The summed E-state index contributed by atoms with van der Waals surface area (Å²) in [6.45, 7) is 21.9. The number of aldehydes is 1. The van der Waals surface area contributed by atoms with Gasteiger partial charge in [-0.1, -0.05) is 56.2 Å². The predicted octanol–water partition coefficient (Wildman–Crippen LogP) is 7.20. The van der Waals surface area contributed by atoms with E-state index in [9.17, 15) is 4.79 Å². The lowest BCUT2D eigenvalue weighted by molar-refractivity contribution is -0.104. The van der Waals surface area contributed by atoms with E-state index in [1.165, 1.54) is 11.1 Å². The highest BCUT2D eigenvalue weighted by atomic mass is 16.1. The third kappa shape index (κ3) is 3.40. The van der Waals surface area contributed by atoms with Crippen LogP contribution < -0.4 is 5.73 Å². The molecule has 7 atom stereocenters. The molecule has 5 unspecified atom stereocenters. The second kappa shape index (κ2) is 8.80. The van der Waals surface area contributed by atoms with E-state index in [0.29, 0.717) is 11.8 Å². The zero-order valence-corrected chi connectivity index (χ0v) is 21.9. The fourth-order valence-corrected chi connectivity index (χ4v) is 9.06. The standard InChI is InChI=1S/C30H46N2O/c1-9-16-27(7)24(15-18-33)12-13-26-25(27)14-17-28(8)29(26,32)19-22(5)30(28,23(6)31)21(4)11-10-20(2)3/h9,15-16,18,22,25-26,31H,2,4,10-14,17,19,32H2,1,3,5-8H3/b16-9-,24-15-,31-23?/t22-,25?,26?,27?,28?,29-,30?/m1/s1. The molecule has 0 aromatic rings. The molecule has 0 amide bonds. The molecule has 3 N–H and O–H groups in total. The Labute approximate surface area is 202 Å². The van der Waals surface area contributed by atoms with Gasteiger partial charge in [-0.2, -0.15) is 0 Å². The van der Waals surface area contributed by atoms with Gasteiger partial charge in [0.2, 0.25) is 0 Å². The Morgan fingerprint density at radius 1 is 1.18 bits per heavy atom. The van der Waals surface area contributed by atoms with Crippen molar-refractivity contribution >= 4 is 12.0 Å². The Balaban J connectivity index is 2.13. The fourth-order valence-electron chi connectivity index (χ4n) is 9.06. The van der Waals surface area contributed by atoms with Crippen molar-refractivity contribution in [2.45, 2.75) is 92.0 Å². The van der Waals surface area contributed by atoms with E-state index < -0.39 is 0 Å². The first kappa shape index (κ1) is 25.9. The van der Waals surface area contributed by atoms with Crippen LogP contribution >= 0.6 is 0 Å². The molecule has 0 saturated heterocycles. The van der Waals surface area contributed by atoms with Crippen molar-refractivity contribution in [2.75, 3.05) is 0 Å². The number of rotatable bonds is 7. The van der Waals surface area contributed by atoms with Crippen LogP contribution in [0.5, 0.6) is 0 Å². The maximum absolute atomic E-state index is 11.4. The molecular weight excluding hydrogens is 404 g/mol. The highest BCUT2D eigenvalue weighted by molar-refractivity contribution is 5.90. The molecular formula is C30H46N2O. The van der Waals surface area contributed by atoms with E-state index in [-0.39, 0.29) is 27.7 Å². The van der Waals surface area contributed by atoms with Crippen LogP contribution in [0, 0.1) is 39.4 Å². The average molecular weight is 451 g/mol. The molecule has 3 fully saturated rings. The first-order valence-corrected chi connectivity index (χ1v) is 12.8. The summed E-state index contributed by atoms with van der Waals surface area (Å²) in [6, 6.07) is 0. The predicted molar refractivity (Wildman–Crippen MR) is 140 cm³/mol. The van der Waals surface area contributed by atoms with Gasteiger partial charge >= 0.3 is 0 Å². The molecule has 182 valence electrons. The van der Waals surface area contributed by atoms with Crippen molar-refractivity contribution in [2.24, 2.45) is 39.7 Å². The van der Waals surface area contributed by atoms with E-state index in [0.717, 1.165) is 62.5 Å². The lowest BCUT2D eigenvalue weighted by Gasteiger charge is -2.63. The molecule has 3 aliphatic carbocycles. The Bertz CT molecular complexity index is 912. The molecule has 0 aromatic carbocycles. The topological polar surface area (TPSA) is 66.9 Å². The minimum Gasteiger partial charge on any atom is -0.324 e. The highest BCUT2D eigenvalue weighted by Crippen LogP contribution is 2.73. The summed E-state index contributed by atoms with van der Waals surface area (Å²) in [7, 11) is 0. The minimum atomic E-state index is -0.377. The molecule has 3 nitrogen and oxygen atoms in total. The summed E-state index contributed by atoms with van der Waals surface area (Å²) in [5.41, 5.74) is 10.8. The molecule has 3 heteroatoms. The van der Waals surface area contributed by atoms with Crippen molar-refractivity contribution < 1.29 is 4.79 Å². The van der Waals surface area contributed by atoms with Crippen LogP contribution in [-0.2, 0) is 4.79 Å². The number of hydrogen-bond acceptors (Lipinski definition) is 3. The maximum Gasteiger partial charge on any atom is 0.142 e. The van der Waals surface area contributed by atoms with E-state index in [4.69, 9.17) is 11.1 Å². The molecule has 0 spiro atoms. The van der Waals surface area contributed by atoms with Gasteiger partial charge in [0.1, 0.15) is 6.29 Å². The van der Waals surface area contributed by atoms with E-state index >= 15 is 0 Å². The summed E-state index contributed by atoms with van der Waals surface area (Å²) < 4.78 is 0. The molecule has 33 heavy (non-hydrogen) atoms. The molecule has 0 bridgehead atoms. The molecule has 0 radical (unpaired) electrons. The molecule has 3 aliphatic rings. The quantitative estimate of drug-likeness (QED) is 0.186. The van der Waals surface area contributed by atoms with Crippen LogP contribution in [0.25, 0.3) is 0 Å². The summed E-state index contributed by atoms with van der Waals surface area (Å²) in [5.74, 6) is 1.05. The smallest absolute Gasteiger partial charge is 0.142 e. The second-order valence-electron chi connectivity index (χ2n) is 11.9.